The Labute approximate surface area is 212 Å². The molecule has 1 heterocycles. The van der Waals surface area contributed by atoms with E-state index in [0.29, 0.717) is 17.0 Å². The highest BCUT2D eigenvalue weighted by Gasteiger charge is 2.67. The van der Waals surface area contributed by atoms with Crippen molar-refractivity contribution >= 4 is 23.4 Å². The molecule has 1 aliphatic rings. The molecule has 11 heteroatoms. The molecule has 0 spiro atoms. The number of nitrogens with zero attached hydrogens (tertiary/aromatic N) is 2. The third-order valence-corrected chi connectivity index (χ3v) is 7.13. The van der Waals surface area contributed by atoms with Crippen LogP contribution in [-0.2, 0) is 11.2 Å². The van der Waals surface area contributed by atoms with Gasteiger partial charge in [-0.2, -0.15) is 13.2 Å². The van der Waals surface area contributed by atoms with Crippen LogP contribution in [0.5, 0.6) is 0 Å². The summed E-state index contributed by atoms with van der Waals surface area (Å²) in [7, 11) is 5.15. The van der Waals surface area contributed by atoms with Crippen molar-refractivity contribution in [2.75, 3.05) is 27.7 Å². The Morgan fingerprint density at radius 2 is 1.89 bits per heavy atom. The first kappa shape index (κ1) is 27.9. The summed E-state index contributed by atoms with van der Waals surface area (Å²) in [6.45, 7) is 0.169. The summed E-state index contributed by atoms with van der Waals surface area (Å²) < 4.78 is 55.0. The summed E-state index contributed by atoms with van der Waals surface area (Å²) in [6.07, 6.45) is -3.81. The first-order chi connectivity index (χ1) is 16.9. The maximum absolute atomic E-state index is 13.9. The summed E-state index contributed by atoms with van der Waals surface area (Å²) in [5, 5.41) is 5.68. The minimum absolute atomic E-state index is 0.0496. The number of benzene rings is 1. The van der Waals surface area contributed by atoms with E-state index in [4.69, 9.17) is 11.6 Å². The molecule has 0 radical (unpaired) electrons. The second-order valence-electron chi connectivity index (χ2n) is 9.32. The highest BCUT2D eigenvalue weighted by Crippen LogP contribution is 2.65. The molecule has 1 fully saturated rings. The fourth-order valence-corrected chi connectivity index (χ4v) is 4.58. The Bertz CT molecular complexity index is 1090. The zero-order valence-electron chi connectivity index (χ0n) is 20.3. The molecule has 2 unspecified atom stereocenters. The topological polar surface area (TPSA) is 74.3 Å². The number of halogens is 5. The molecule has 3 rings (SSSR count). The third-order valence-electron chi connectivity index (χ3n) is 6.78. The lowest BCUT2D eigenvalue weighted by Gasteiger charge is -2.29. The minimum atomic E-state index is -4.50. The number of likely N-dealkylation sites (N-methyl/N-ethyl adjacent to an activating group) is 1. The van der Waals surface area contributed by atoms with E-state index in [-0.39, 0.29) is 37.0 Å². The van der Waals surface area contributed by atoms with Gasteiger partial charge >= 0.3 is 6.18 Å². The maximum Gasteiger partial charge on any atom is 0.395 e. The molecule has 0 bridgehead atoms. The SMILES string of the molecule is CNC(=O)c1ccc(CC(CNC(=O)CC(c2ccc(F)cn2)C2(C(F)(F)F)CC2)N(C)C)c(Cl)c1. The first-order valence-corrected chi connectivity index (χ1v) is 11.9. The molecule has 2 amide bonds. The van der Waals surface area contributed by atoms with Gasteiger partial charge in [-0.25, -0.2) is 4.39 Å². The highest BCUT2D eigenvalue weighted by atomic mass is 35.5. The van der Waals surface area contributed by atoms with Crippen LogP contribution in [0.25, 0.3) is 0 Å². The summed E-state index contributed by atoms with van der Waals surface area (Å²) in [4.78, 5) is 30.4. The fourth-order valence-electron chi connectivity index (χ4n) is 4.32. The Kier molecular flexibility index (Phi) is 8.61. The summed E-state index contributed by atoms with van der Waals surface area (Å²) in [6, 6.07) is 7.01. The average Bonchev–Trinajstić information content (AvgIpc) is 3.63. The van der Waals surface area contributed by atoms with Crippen LogP contribution < -0.4 is 10.6 Å². The molecule has 36 heavy (non-hydrogen) atoms. The van der Waals surface area contributed by atoms with Gasteiger partial charge in [0.25, 0.3) is 5.91 Å². The van der Waals surface area contributed by atoms with Crippen molar-refractivity contribution in [3.8, 4) is 0 Å². The Balaban J connectivity index is 1.70. The first-order valence-electron chi connectivity index (χ1n) is 11.5. The zero-order valence-corrected chi connectivity index (χ0v) is 21.0. The van der Waals surface area contributed by atoms with Gasteiger partial charge in [-0.15, -0.1) is 0 Å². The van der Waals surface area contributed by atoms with Crippen molar-refractivity contribution in [1.82, 2.24) is 20.5 Å². The van der Waals surface area contributed by atoms with Crippen molar-refractivity contribution in [3.63, 3.8) is 0 Å². The van der Waals surface area contributed by atoms with Crippen molar-refractivity contribution in [2.24, 2.45) is 5.41 Å². The van der Waals surface area contributed by atoms with Gasteiger partial charge in [-0.1, -0.05) is 17.7 Å². The van der Waals surface area contributed by atoms with Gasteiger partial charge in [0.05, 0.1) is 11.6 Å². The molecule has 1 aromatic heterocycles. The van der Waals surface area contributed by atoms with Crippen LogP contribution in [0.3, 0.4) is 0 Å². The lowest BCUT2D eigenvalue weighted by atomic mass is 9.82. The number of amides is 2. The number of aromatic nitrogens is 1. The van der Waals surface area contributed by atoms with Crippen molar-refractivity contribution in [1.29, 1.82) is 0 Å². The highest BCUT2D eigenvalue weighted by molar-refractivity contribution is 6.31. The van der Waals surface area contributed by atoms with Crippen LogP contribution in [0.15, 0.2) is 36.5 Å². The lowest BCUT2D eigenvalue weighted by molar-refractivity contribution is -0.195. The molecular weight excluding hydrogens is 500 g/mol. The average molecular weight is 529 g/mol. The molecular formula is C25H29ClF4N4O2. The Morgan fingerprint density at radius 3 is 2.39 bits per heavy atom. The Morgan fingerprint density at radius 1 is 1.19 bits per heavy atom. The Hall–Kier alpha value is -2.72. The van der Waals surface area contributed by atoms with Gasteiger partial charge in [0, 0.05) is 48.3 Å². The fraction of sp³-hybridized carbons (Fsp3) is 0.480. The second-order valence-corrected chi connectivity index (χ2v) is 9.73. The number of hydrogen-bond acceptors (Lipinski definition) is 4. The lowest BCUT2D eigenvalue weighted by Crippen LogP contribution is -2.43. The van der Waals surface area contributed by atoms with Gasteiger partial charge in [0.2, 0.25) is 5.91 Å². The van der Waals surface area contributed by atoms with E-state index in [1.54, 1.807) is 18.2 Å². The predicted octanol–water partition coefficient (Wildman–Crippen LogP) is 4.34. The van der Waals surface area contributed by atoms with Gasteiger partial charge in [0.1, 0.15) is 5.82 Å². The maximum atomic E-state index is 13.9. The van der Waals surface area contributed by atoms with Crippen LogP contribution >= 0.6 is 11.6 Å². The number of alkyl halides is 3. The predicted molar refractivity (Wildman–Crippen MR) is 128 cm³/mol. The van der Waals surface area contributed by atoms with Gasteiger partial charge in [-0.3, -0.25) is 14.6 Å². The third kappa shape index (κ3) is 6.34. The number of carbonyl (C=O) groups excluding carboxylic acids is 2. The monoisotopic (exact) mass is 528 g/mol. The quantitative estimate of drug-likeness (QED) is 0.450. The summed E-state index contributed by atoms with van der Waals surface area (Å²) in [5.74, 6) is -2.68. The molecule has 6 nitrogen and oxygen atoms in total. The van der Waals surface area contributed by atoms with E-state index in [1.807, 2.05) is 19.0 Å². The number of carbonyl (C=O) groups is 2. The van der Waals surface area contributed by atoms with Crippen LogP contribution in [-0.4, -0.2) is 61.6 Å². The smallest absolute Gasteiger partial charge is 0.355 e. The van der Waals surface area contributed by atoms with Gasteiger partial charge in [0.15, 0.2) is 0 Å². The molecule has 2 atom stereocenters. The van der Waals surface area contributed by atoms with Crippen LogP contribution in [0, 0.1) is 11.2 Å². The van der Waals surface area contributed by atoms with Crippen molar-refractivity contribution in [2.45, 2.75) is 43.8 Å². The molecule has 196 valence electrons. The van der Waals surface area contributed by atoms with E-state index in [1.165, 1.54) is 13.1 Å². The summed E-state index contributed by atoms with van der Waals surface area (Å²) in [5.41, 5.74) is -0.802. The molecule has 1 aromatic carbocycles. The van der Waals surface area contributed by atoms with Crippen LogP contribution in [0.4, 0.5) is 17.6 Å². The van der Waals surface area contributed by atoms with E-state index < -0.39 is 35.7 Å². The van der Waals surface area contributed by atoms with Crippen LogP contribution in [0.1, 0.15) is 46.8 Å². The number of rotatable bonds is 10. The minimum Gasteiger partial charge on any atom is -0.355 e. The number of pyridine rings is 1. The van der Waals surface area contributed by atoms with Gasteiger partial charge < -0.3 is 15.5 Å². The van der Waals surface area contributed by atoms with E-state index in [9.17, 15) is 27.2 Å². The number of nitrogens with one attached hydrogen (secondary N) is 2. The molecule has 2 aromatic rings. The molecule has 1 saturated carbocycles. The van der Waals surface area contributed by atoms with Crippen molar-refractivity contribution < 1.29 is 27.2 Å². The van der Waals surface area contributed by atoms with E-state index in [0.717, 1.165) is 17.8 Å². The molecule has 1 aliphatic carbocycles. The number of hydrogen-bond donors (Lipinski definition) is 2. The second kappa shape index (κ2) is 11.1. The normalized spacial score (nSPS) is 16.4. The van der Waals surface area contributed by atoms with Gasteiger partial charge in [-0.05, 0) is 63.2 Å². The van der Waals surface area contributed by atoms with E-state index >= 15 is 0 Å². The van der Waals surface area contributed by atoms with Crippen LogP contribution in [0.2, 0.25) is 5.02 Å². The zero-order chi connectivity index (χ0) is 26.7. The van der Waals surface area contributed by atoms with Crippen molar-refractivity contribution in [3.05, 3.63) is 64.2 Å². The molecule has 2 N–H and O–H groups in total. The largest absolute Gasteiger partial charge is 0.395 e. The standard InChI is InChI=1S/C25H29ClF4N4O2/c1-31-23(36)16-5-4-15(20(26)11-16)10-18(34(2)3)14-33-22(35)12-19(21-7-6-17(27)13-32-21)24(8-9-24)25(28,29)30/h4-7,11,13,18-19H,8-10,12,14H2,1-3H3,(H,31,36)(H,33,35). The summed E-state index contributed by atoms with van der Waals surface area (Å²) >= 11 is 6.36. The van der Waals surface area contributed by atoms with E-state index in [2.05, 4.69) is 15.6 Å². The molecule has 0 saturated heterocycles. The molecule has 0 aliphatic heterocycles.